The van der Waals surface area contributed by atoms with Crippen LogP contribution in [-0.2, 0) is 32.7 Å². The van der Waals surface area contributed by atoms with Crippen molar-refractivity contribution in [2.75, 3.05) is 12.4 Å². The Morgan fingerprint density at radius 2 is 1.86 bits per heavy atom. The fraction of sp³-hybridized carbons (Fsp3) is 0.304. The van der Waals surface area contributed by atoms with Crippen molar-refractivity contribution in [3.63, 3.8) is 0 Å². The van der Waals surface area contributed by atoms with Crippen molar-refractivity contribution < 1.29 is 35.9 Å². The minimum absolute atomic E-state index is 0.0448. The van der Waals surface area contributed by atoms with E-state index < -0.39 is 39.5 Å². The van der Waals surface area contributed by atoms with Crippen LogP contribution in [-0.4, -0.2) is 42.1 Å². The summed E-state index contributed by atoms with van der Waals surface area (Å²) >= 11 is 1.28. The molecule has 1 saturated heterocycles. The quantitative estimate of drug-likeness (QED) is 0.322. The van der Waals surface area contributed by atoms with E-state index in [0.717, 1.165) is 10.4 Å². The Balaban J connectivity index is 1.39. The number of thiazole rings is 1. The first-order valence-corrected chi connectivity index (χ1v) is 13.1. The van der Waals surface area contributed by atoms with Crippen LogP contribution < -0.4 is 4.74 Å². The molecule has 7 nitrogen and oxygen atoms in total. The van der Waals surface area contributed by atoms with E-state index >= 15 is 0 Å². The number of carbonyl (C=O) groups is 1. The summed E-state index contributed by atoms with van der Waals surface area (Å²) in [6, 6.07) is 6.59. The fourth-order valence-electron chi connectivity index (χ4n) is 3.67. The van der Waals surface area contributed by atoms with Crippen LogP contribution in [0.5, 0.6) is 5.75 Å². The fourth-order valence-corrected chi connectivity index (χ4v) is 6.03. The Bertz CT molecular complexity index is 1330. The van der Waals surface area contributed by atoms with Crippen molar-refractivity contribution >= 4 is 27.3 Å². The molecule has 2 heterocycles. The standard InChI is InChI=1S/C23H21F3N2O5S2/c1-2-32-23(29)21-7-8-35(30,31)28(21)11-15-13-34-22(27-15)12-33-16-5-3-14(4-6-16)17-9-19(25)20(26)10-18(17)24/h3-6,9-10,13,21H,2,7-8,11-12H2,1H3. The molecule has 1 aliphatic rings. The number of aromatic nitrogens is 1. The van der Waals surface area contributed by atoms with Gasteiger partial charge in [-0.05, 0) is 37.1 Å². The summed E-state index contributed by atoms with van der Waals surface area (Å²) in [7, 11) is -3.58. The lowest BCUT2D eigenvalue weighted by molar-refractivity contribution is -0.147. The molecule has 1 unspecified atom stereocenters. The molecule has 186 valence electrons. The third-order valence-electron chi connectivity index (χ3n) is 5.37. The third-order valence-corrected chi connectivity index (χ3v) is 8.09. The Morgan fingerprint density at radius 3 is 2.57 bits per heavy atom. The maximum absolute atomic E-state index is 14.0. The first-order chi connectivity index (χ1) is 16.7. The van der Waals surface area contributed by atoms with Gasteiger partial charge in [0.15, 0.2) is 11.6 Å². The molecule has 0 amide bonds. The van der Waals surface area contributed by atoms with Crippen LogP contribution in [0.1, 0.15) is 24.0 Å². The van der Waals surface area contributed by atoms with Crippen molar-refractivity contribution in [1.29, 1.82) is 0 Å². The summed E-state index contributed by atoms with van der Waals surface area (Å²) in [5, 5.41) is 2.28. The van der Waals surface area contributed by atoms with Crippen LogP contribution in [0.2, 0.25) is 0 Å². The predicted molar refractivity (Wildman–Crippen MR) is 123 cm³/mol. The number of hydrogen-bond acceptors (Lipinski definition) is 7. The van der Waals surface area contributed by atoms with E-state index in [1.807, 2.05) is 0 Å². The third kappa shape index (κ3) is 5.65. The Hall–Kier alpha value is -2.96. The van der Waals surface area contributed by atoms with Crippen molar-refractivity contribution in [2.24, 2.45) is 0 Å². The summed E-state index contributed by atoms with van der Waals surface area (Å²) in [5.74, 6) is -3.53. The lowest BCUT2D eigenvalue weighted by atomic mass is 10.0. The van der Waals surface area contributed by atoms with Crippen molar-refractivity contribution in [3.8, 4) is 16.9 Å². The first kappa shape index (κ1) is 25.1. The normalized spacial score (nSPS) is 17.4. The van der Waals surface area contributed by atoms with Gasteiger partial charge in [-0.2, -0.15) is 4.31 Å². The van der Waals surface area contributed by atoms with Gasteiger partial charge in [0, 0.05) is 17.0 Å². The minimum Gasteiger partial charge on any atom is -0.486 e. The molecule has 1 aliphatic heterocycles. The van der Waals surface area contributed by atoms with Gasteiger partial charge in [-0.15, -0.1) is 11.3 Å². The molecule has 12 heteroatoms. The van der Waals surface area contributed by atoms with Gasteiger partial charge in [-0.25, -0.2) is 26.6 Å². The van der Waals surface area contributed by atoms with Crippen LogP contribution in [0, 0.1) is 17.5 Å². The molecule has 0 N–H and O–H groups in total. The number of sulfonamides is 1. The highest BCUT2D eigenvalue weighted by Gasteiger charge is 2.42. The molecule has 4 rings (SSSR count). The first-order valence-electron chi connectivity index (χ1n) is 10.6. The van der Waals surface area contributed by atoms with Crippen LogP contribution >= 0.6 is 11.3 Å². The van der Waals surface area contributed by atoms with Gasteiger partial charge in [0.1, 0.15) is 29.2 Å². The number of carbonyl (C=O) groups excluding carboxylic acids is 1. The number of benzene rings is 2. The Morgan fingerprint density at radius 1 is 1.14 bits per heavy atom. The van der Waals surface area contributed by atoms with Crippen molar-refractivity contribution in [3.05, 3.63) is 69.9 Å². The highest BCUT2D eigenvalue weighted by Crippen LogP contribution is 2.28. The molecule has 0 radical (unpaired) electrons. The zero-order chi connectivity index (χ0) is 25.2. The largest absolute Gasteiger partial charge is 0.486 e. The van der Waals surface area contributed by atoms with E-state index in [1.54, 1.807) is 24.4 Å². The van der Waals surface area contributed by atoms with Gasteiger partial charge >= 0.3 is 5.97 Å². The summed E-state index contributed by atoms with van der Waals surface area (Å²) in [5.41, 5.74) is 0.767. The van der Waals surface area contributed by atoms with Gasteiger partial charge in [0.05, 0.1) is 24.6 Å². The topological polar surface area (TPSA) is 85.8 Å². The van der Waals surface area contributed by atoms with Crippen LogP contribution in [0.3, 0.4) is 0 Å². The van der Waals surface area contributed by atoms with E-state index in [-0.39, 0.29) is 37.5 Å². The molecule has 0 bridgehead atoms. The highest BCUT2D eigenvalue weighted by molar-refractivity contribution is 7.89. The number of halogens is 3. The number of hydrogen-bond donors (Lipinski definition) is 0. The van der Waals surface area contributed by atoms with Gasteiger partial charge in [-0.1, -0.05) is 12.1 Å². The number of rotatable bonds is 8. The summed E-state index contributed by atoms with van der Waals surface area (Å²) in [6.07, 6.45) is 0.172. The van der Waals surface area contributed by atoms with Crippen LogP contribution in [0.25, 0.3) is 11.1 Å². The lowest BCUT2D eigenvalue weighted by Crippen LogP contribution is -2.39. The zero-order valence-electron chi connectivity index (χ0n) is 18.5. The molecule has 0 saturated carbocycles. The highest BCUT2D eigenvalue weighted by atomic mass is 32.2. The maximum atomic E-state index is 14.0. The van der Waals surface area contributed by atoms with E-state index in [9.17, 15) is 26.4 Å². The second kappa shape index (κ2) is 10.3. The average molecular weight is 527 g/mol. The second-order valence-electron chi connectivity index (χ2n) is 7.71. The SMILES string of the molecule is CCOC(=O)C1CCS(=O)(=O)N1Cc1csc(COc2ccc(-c3cc(F)c(F)cc3F)cc2)n1. The molecular weight excluding hydrogens is 505 g/mol. The van der Waals surface area contributed by atoms with Gasteiger partial charge in [0.2, 0.25) is 10.0 Å². The molecular formula is C23H21F3N2O5S2. The van der Waals surface area contributed by atoms with Crippen LogP contribution in [0.15, 0.2) is 41.8 Å². The number of esters is 1. The lowest BCUT2D eigenvalue weighted by Gasteiger charge is -2.20. The molecule has 3 aromatic rings. The Labute approximate surface area is 204 Å². The van der Waals surface area contributed by atoms with E-state index in [0.29, 0.717) is 28.1 Å². The van der Waals surface area contributed by atoms with Crippen LogP contribution in [0.4, 0.5) is 13.2 Å². The van der Waals surface area contributed by atoms with E-state index in [4.69, 9.17) is 9.47 Å². The average Bonchev–Trinajstić information content (AvgIpc) is 3.39. The Kier molecular flexibility index (Phi) is 7.43. The number of ether oxygens (including phenoxy) is 2. The molecule has 2 aromatic carbocycles. The van der Waals surface area contributed by atoms with Crippen molar-refractivity contribution in [2.45, 2.75) is 32.5 Å². The molecule has 1 aromatic heterocycles. The number of nitrogens with zero attached hydrogens (tertiary/aromatic N) is 2. The predicted octanol–water partition coefficient (Wildman–Crippen LogP) is 4.27. The summed E-state index contributed by atoms with van der Waals surface area (Å²) in [6.45, 7) is 1.87. The molecule has 0 aliphatic carbocycles. The molecule has 0 spiro atoms. The van der Waals surface area contributed by atoms with E-state index in [2.05, 4.69) is 4.98 Å². The molecule has 1 fully saturated rings. The minimum atomic E-state index is -3.58. The molecule has 1 atom stereocenters. The zero-order valence-corrected chi connectivity index (χ0v) is 20.2. The second-order valence-corrected chi connectivity index (χ2v) is 10.7. The van der Waals surface area contributed by atoms with Gasteiger partial charge in [-0.3, -0.25) is 4.79 Å². The van der Waals surface area contributed by atoms with Gasteiger partial charge < -0.3 is 9.47 Å². The van der Waals surface area contributed by atoms with Gasteiger partial charge in [0.25, 0.3) is 0 Å². The summed E-state index contributed by atoms with van der Waals surface area (Å²) in [4.78, 5) is 16.5. The monoisotopic (exact) mass is 526 g/mol. The van der Waals surface area contributed by atoms with Crippen molar-refractivity contribution in [1.82, 2.24) is 9.29 Å². The molecule has 35 heavy (non-hydrogen) atoms. The maximum Gasteiger partial charge on any atom is 0.324 e. The smallest absolute Gasteiger partial charge is 0.324 e. The summed E-state index contributed by atoms with van der Waals surface area (Å²) < 4.78 is 77.2. The van der Waals surface area contributed by atoms with E-state index in [1.165, 1.54) is 23.5 Å².